The van der Waals surface area contributed by atoms with Gasteiger partial charge in [-0.05, 0) is 24.3 Å². The molecule has 1 aromatic carbocycles. The van der Waals surface area contributed by atoms with Gasteiger partial charge < -0.3 is 4.42 Å². The van der Waals surface area contributed by atoms with Crippen LogP contribution in [-0.4, -0.2) is 5.78 Å². The number of hydrogen-bond acceptors (Lipinski definition) is 3. The van der Waals surface area contributed by atoms with Gasteiger partial charge in [-0.25, -0.2) is 4.39 Å². The molecule has 2 nitrogen and oxygen atoms in total. The molecule has 3 aromatic rings. The molecule has 0 N–H and O–H groups in total. The van der Waals surface area contributed by atoms with Gasteiger partial charge in [-0.2, -0.15) is 0 Å². The van der Waals surface area contributed by atoms with E-state index in [4.69, 9.17) is 16.0 Å². The molecule has 0 saturated carbocycles. The lowest BCUT2D eigenvalue weighted by Gasteiger charge is -1.91. The number of fused-ring (bicyclic) bond motifs is 1. The number of carbonyl (C=O) groups is 1. The number of halogens is 2. The lowest BCUT2D eigenvalue weighted by atomic mass is 10.2. The van der Waals surface area contributed by atoms with Crippen molar-refractivity contribution in [3.05, 3.63) is 57.2 Å². The molecule has 0 aliphatic carbocycles. The van der Waals surface area contributed by atoms with E-state index < -0.39 is 5.82 Å². The Morgan fingerprint density at radius 2 is 2.11 bits per heavy atom. The Labute approximate surface area is 111 Å². The Morgan fingerprint density at radius 1 is 1.28 bits per heavy atom. The third-order valence-corrected chi connectivity index (χ3v) is 3.75. The van der Waals surface area contributed by atoms with Crippen LogP contribution in [0.25, 0.3) is 11.0 Å². The van der Waals surface area contributed by atoms with Crippen molar-refractivity contribution in [2.45, 2.75) is 0 Å². The molecule has 18 heavy (non-hydrogen) atoms. The van der Waals surface area contributed by atoms with Crippen LogP contribution in [0.5, 0.6) is 0 Å². The van der Waals surface area contributed by atoms with Gasteiger partial charge >= 0.3 is 0 Å². The molecule has 3 rings (SSSR count). The fourth-order valence-corrected chi connectivity index (χ4v) is 2.69. The summed E-state index contributed by atoms with van der Waals surface area (Å²) < 4.78 is 19.2. The van der Waals surface area contributed by atoms with Crippen LogP contribution in [0.15, 0.2) is 40.8 Å². The van der Waals surface area contributed by atoms with Crippen LogP contribution < -0.4 is 0 Å². The van der Waals surface area contributed by atoms with E-state index in [2.05, 4.69) is 0 Å². The van der Waals surface area contributed by atoms with Crippen LogP contribution >= 0.6 is 22.9 Å². The first-order valence-corrected chi connectivity index (χ1v) is 6.33. The number of hydrogen-bond donors (Lipinski definition) is 0. The molecule has 0 fully saturated rings. The number of rotatable bonds is 2. The van der Waals surface area contributed by atoms with Crippen molar-refractivity contribution in [3.8, 4) is 0 Å². The predicted octanol–water partition coefficient (Wildman–Crippen LogP) is 4.52. The largest absolute Gasteiger partial charge is 0.449 e. The van der Waals surface area contributed by atoms with Gasteiger partial charge in [0.2, 0.25) is 5.78 Å². The third kappa shape index (κ3) is 1.83. The molecular weight excluding hydrogens is 275 g/mol. The molecule has 0 bridgehead atoms. The predicted molar refractivity (Wildman–Crippen MR) is 68.9 cm³/mol. The van der Waals surface area contributed by atoms with Crippen LogP contribution in [0, 0.1) is 5.82 Å². The Balaban J connectivity index is 2.10. The summed E-state index contributed by atoms with van der Waals surface area (Å²) in [5.74, 6) is -0.646. The smallest absolute Gasteiger partial charge is 0.238 e. The minimum atomic E-state index is -0.476. The first-order valence-electron chi connectivity index (χ1n) is 5.13. The van der Waals surface area contributed by atoms with Gasteiger partial charge in [0, 0.05) is 5.39 Å². The average molecular weight is 281 g/mol. The molecule has 0 radical (unpaired) electrons. The summed E-state index contributed by atoms with van der Waals surface area (Å²) >= 11 is 6.94. The number of ketones is 1. The van der Waals surface area contributed by atoms with Gasteiger partial charge in [0.25, 0.3) is 0 Å². The van der Waals surface area contributed by atoms with Crippen LogP contribution in [-0.2, 0) is 0 Å². The van der Waals surface area contributed by atoms with Crippen molar-refractivity contribution in [1.82, 2.24) is 0 Å². The van der Waals surface area contributed by atoms with Gasteiger partial charge in [-0.15, -0.1) is 11.3 Å². The van der Waals surface area contributed by atoms with E-state index in [9.17, 15) is 9.18 Å². The highest BCUT2D eigenvalue weighted by atomic mass is 35.5. The van der Waals surface area contributed by atoms with E-state index in [1.807, 2.05) is 0 Å². The lowest BCUT2D eigenvalue weighted by molar-refractivity contribution is 0.101. The molecule has 0 aliphatic heterocycles. The maximum atomic E-state index is 13.4. The second-order valence-electron chi connectivity index (χ2n) is 3.70. The third-order valence-electron chi connectivity index (χ3n) is 2.52. The first kappa shape index (κ1) is 11.4. The van der Waals surface area contributed by atoms with Crippen molar-refractivity contribution in [2.75, 3.05) is 0 Å². The molecule has 0 spiro atoms. The number of furan rings is 1. The molecule has 0 amide bonds. The van der Waals surface area contributed by atoms with E-state index in [1.54, 1.807) is 24.3 Å². The highest BCUT2D eigenvalue weighted by Crippen LogP contribution is 2.27. The van der Waals surface area contributed by atoms with Crippen molar-refractivity contribution in [1.29, 1.82) is 0 Å². The molecule has 0 aliphatic rings. The molecular formula is C13H6ClFO2S. The Kier molecular flexibility index (Phi) is 2.69. The quantitative estimate of drug-likeness (QED) is 0.646. The normalized spacial score (nSPS) is 11.0. The Morgan fingerprint density at radius 3 is 2.78 bits per heavy atom. The van der Waals surface area contributed by atoms with Crippen LogP contribution in [0.2, 0.25) is 4.34 Å². The average Bonchev–Trinajstić information content (AvgIpc) is 2.95. The van der Waals surface area contributed by atoms with E-state index >= 15 is 0 Å². The summed E-state index contributed by atoms with van der Waals surface area (Å²) in [6.07, 6.45) is 0. The highest BCUT2D eigenvalue weighted by molar-refractivity contribution is 7.18. The Hall–Kier alpha value is -1.65. The van der Waals surface area contributed by atoms with Gasteiger partial charge in [-0.1, -0.05) is 23.7 Å². The fraction of sp³-hybridized carbons (Fsp3) is 0. The number of benzene rings is 1. The van der Waals surface area contributed by atoms with Gasteiger partial charge in [0.05, 0.1) is 9.21 Å². The second-order valence-corrected chi connectivity index (χ2v) is 5.42. The topological polar surface area (TPSA) is 30.2 Å². The summed E-state index contributed by atoms with van der Waals surface area (Å²) in [7, 11) is 0. The molecule has 2 heterocycles. The number of carbonyl (C=O) groups excluding carboxylic acids is 1. The maximum Gasteiger partial charge on any atom is 0.238 e. The van der Waals surface area contributed by atoms with Crippen molar-refractivity contribution in [3.63, 3.8) is 0 Å². The van der Waals surface area contributed by atoms with Crippen LogP contribution in [0.4, 0.5) is 4.39 Å². The SMILES string of the molecule is O=C(c1cc2cccc(F)c2o1)c1ccc(Cl)s1. The minimum Gasteiger partial charge on any atom is -0.449 e. The zero-order valence-corrected chi connectivity index (χ0v) is 10.5. The lowest BCUT2D eigenvalue weighted by Crippen LogP contribution is -1.95. The van der Waals surface area contributed by atoms with E-state index in [1.165, 1.54) is 23.5 Å². The Bertz CT molecular complexity index is 744. The van der Waals surface area contributed by atoms with Crippen molar-refractivity contribution >= 4 is 39.7 Å². The molecule has 0 unspecified atom stereocenters. The minimum absolute atomic E-state index is 0.100. The second kappa shape index (κ2) is 4.23. The molecule has 5 heteroatoms. The number of thiophene rings is 1. The summed E-state index contributed by atoms with van der Waals surface area (Å²) in [5, 5.41) is 0.570. The van der Waals surface area contributed by atoms with Crippen molar-refractivity contribution < 1.29 is 13.6 Å². The molecule has 90 valence electrons. The number of para-hydroxylation sites is 1. The van der Waals surface area contributed by atoms with Gasteiger partial charge in [0.15, 0.2) is 17.2 Å². The van der Waals surface area contributed by atoms with E-state index in [0.717, 1.165) is 0 Å². The molecule has 0 atom stereocenters. The standard InChI is InChI=1S/C13H6ClFO2S/c14-11-5-4-10(18-11)12(16)9-6-7-2-1-3-8(15)13(7)17-9/h1-6H. The van der Waals surface area contributed by atoms with E-state index in [-0.39, 0.29) is 17.1 Å². The van der Waals surface area contributed by atoms with Crippen LogP contribution in [0.3, 0.4) is 0 Å². The fourth-order valence-electron chi connectivity index (χ4n) is 1.70. The first-order chi connectivity index (χ1) is 8.65. The van der Waals surface area contributed by atoms with Gasteiger partial charge in [-0.3, -0.25) is 4.79 Å². The zero-order chi connectivity index (χ0) is 12.7. The zero-order valence-electron chi connectivity index (χ0n) is 8.94. The molecule has 2 aromatic heterocycles. The molecule has 0 saturated heterocycles. The van der Waals surface area contributed by atoms with Crippen molar-refractivity contribution in [2.24, 2.45) is 0 Å². The van der Waals surface area contributed by atoms with Crippen LogP contribution in [0.1, 0.15) is 15.4 Å². The summed E-state index contributed by atoms with van der Waals surface area (Å²) in [4.78, 5) is 12.5. The maximum absolute atomic E-state index is 13.4. The highest BCUT2D eigenvalue weighted by Gasteiger charge is 2.17. The summed E-state index contributed by atoms with van der Waals surface area (Å²) in [6, 6.07) is 9.36. The summed E-state index contributed by atoms with van der Waals surface area (Å²) in [6.45, 7) is 0. The van der Waals surface area contributed by atoms with E-state index in [0.29, 0.717) is 14.6 Å². The van der Waals surface area contributed by atoms with Gasteiger partial charge in [0.1, 0.15) is 0 Å². The monoisotopic (exact) mass is 280 g/mol. The summed E-state index contributed by atoms with van der Waals surface area (Å²) in [5.41, 5.74) is 0.100.